The van der Waals surface area contributed by atoms with E-state index in [1.54, 1.807) is 6.07 Å². The van der Waals surface area contributed by atoms with E-state index in [1.807, 2.05) is 56.3 Å². The summed E-state index contributed by atoms with van der Waals surface area (Å²) < 4.78 is 10.9. The van der Waals surface area contributed by atoms with Gasteiger partial charge in [0.05, 0.1) is 6.54 Å². The average Bonchev–Trinajstić information content (AvgIpc) is 3.25. The minimum atomic E-state index is -0.575. The number of benzene rings is 2. The molecule has 3 aromatic rings. The Bertz CT molecular complexity index is 1210. The molecule has 170 valence electrons. The molecule has 0 bridgehead atoms. The van der Waals surface area contributed by atoms with Crippen LogP contribution in [0.3, 0.4) is 0 Å². The molecule has 0 radical (unpaired) electrons. The van der Waals surface area contributed by atoms with Crippen LogP contribution in [0.25, 0.3) is 10.4 Å². The monoisotopic (exact) mass is 464 g/mol. The van der Waals surface area contributed by atoms with Crippen LogP contribution in [0.4, 0.5) is 5.69 Å². The maximum Gasteiger partial charge on any atom is 0.348 e. The Morgan fingerprint density at radius 2 is 1.82 bits per heavy atom. The van der Waals surface area contributed by atoms with Gasteiger partial charge in [-0.25, -0.2) is 4.79 Å². The third kappa shape index (κ3) is 4.90. The lowest BCUT2D eigenvalue weighted by Gasteiger charge is -2.18. The highest BCUT2D eigenvalue weighted by molar-refractivity contribution is 7.17. The summed E-state index contributed by atoms with van der Waals surface area (Å²) in [6.45, 7) is 3.61. The summed E-state index contributed by atoms with van der Waals surface area (Å²) in [5, 5.41) is 2.84. The molecule has 0 aliphatic carbocycles. The fourth-order valence-corrected chi connectivity index (χ4v) is 4.69. The number of para-hydroxylation sites is 2. The van der Waals surface area contributed by atoms with E-state index in [0.717, 1.165) is 38.6 Å². The average molecular weight is 465 g/mol. The number of hydrogen-bond donors (Lipinski definition) is 1. The van der Waals surface area contributed by atoms with Crippen molar-refractivity contribution in [2.75, 3.05) is 25.5 Å². The van der Waals surface area contributed by atoms with Crippen molar-refractivity contribution in [1.82, 2.24) is 4.90 Å². The molecule has 0 saturated heterocycles. The van der Waals surface area contributed by atoms with Crippen LogP contribution in [0.2, 0.25) is 0 Å². The Labute approximate surface area is 195 Å². The zero-order chi connectivity index (χ0) is 23.5. The number of carbonyl (C=O) groups is 3. The van der Waals surface area contributed by atoms with Gasteiger partial charge in [-0.2, -0.15) is 0 Å². The number of nitrogens with zero attached hydrogens (tertiary/aromatic N) is 1. The first-order valence-corrected chi connectivity index (χ1v) is 11.3. The number of fused-ring (bicyclic) bond motifs is 3. The second kappa shape index (κ2) is 9.46. The van der Waals surface area contributed by atoms with E-state index >= 15 is 0 Å². The van der Waals surface area contributed by atoms with E-state index < -0.39 is 18.5 Å². The minimum absolute atomic E-state index is 0.147. The fraction of sp³-hybridized carbons (Fsp3) is 0.240. The highest BCUT2D eigenvalue weighted by atomic mass is 32.1. The third-order valence-electron chi connectivity index (χ3n) is 5.40. The van der Waals surface area contributed by atoms with Crippen LogP contribution in [0.5, 0.6) is 5.75 Å². The Morgan fingerprint density at radius 3 is 2.58 bits per heavy atom. The van der Waals surface area contributed by atoms with Gasteiger partial charge >= 0.3 is 5.97 Å². The Kier molecular flexibility index (Phi) is 6.46. The van der Waals surface area contributed by atoms with Gasteiger partial charge in [-0.1, -0.05) is 30.3 Å². The van der Waals surface area contributed by atoms with Gasteiger partial charge < -0.3 is 19.7 Å². The molecule has 2 amide bonds. The van der Waals surface area contributed by atoms with Gasteiger partial charge in [-0.15, -0.1) is 11.3 Å². The number of likely N-dealkylation sites (N-methyl/N-ethyl adjacent to an activating group) is 1. The maximum atomic E-state index is 12.5. The number of anilines is 1. The first-order valence-electron chi connectivity index (χ1n) is 10.5. The van der Waals surface area contributed by atoms with Crippen LogP contribution in [-0.4, -0.2) is 42.9 Å². The molecule has 1 aromatic heterocycles. The third-order valence-corrected chi connectivity index (χ3v) is 6.59. The van der Waals surface area contributed by atoms with E-state index in [9.17, 15) is 14.4 Å². The number of aryl methyl sites for hydroxylation is 2. The van der Waals surface area contributed by atoms with Crippen molar-refractivity contribution in [2.45, 2.75) is 20.5 Å². The lowest BCUT2D eigenvalue weighted by molar-refractivity contribution is -0.136. The quantitative estimate of drug-likeness (QED) is 0.554. The number of hydrogen-bond acceptors (Lipinski definition) is 6. The molecule has 4 rings (SSSR count). The Balaban J connectivity index is 1.32. The summed E-state index contributed by atoms with van der Waals surface area (Å²) in [7, 11) is 1.50. The molecular weight excluding hydrogens is 440 g/mol. The number of ether oxygens (including phenoxy) is 2. The maximum absolute atomic E-state index is 12.5. The van der Waals surface area contributed by atoms with E-state index in [0.29, 0.717) is 11.5 Å². The normalized spacial score (nSPS) is 11.6. The molecule has 0 saturated carbocycles. The van der Waals surface area contributed by atoms with E-state index in [1.165, 1.54) is 23.3 Å². The summed E-state index contributed by atoms with van der Waals surface area (Å²) in [5.74, 6) is -0.578. The van der Waals surface area contributed by atoms with Crippen molar-refractivity contribution in [1.29, 1.82) is 0 Å². The summed E-state index contributed by atoms with van der Waals surface area (Å²) in [6.07, 6.45) is 0. The number of esters is 1. The van der Waals surface area contributed by atoms with Gasteiger partial charge in [0, 0.05) is 28.7 Å². The first-order chi connectivity index (χ1) is 15.8. The predicted octanol–water partition coefficient (Wildman–Crippen LogP) is 4.18. The molecule has 1 N–H and O–H groups in total. The predicted molar refractivity (Wildman–Crippen MR) is 127 cm³/mol. The van der Waals surface area contributed by atoms with E-state index in [4.69, 9.17) is 9.47 Å². The highest BCUT2D eigenvalue weighted by Crippen LogP contribution is 2.42. The second-order valence-electron chi connectivity index (χ2n) is 7.89. The molecule has 8 heteroatoms. The summed E-state index contributed by atoms with van der Waals surface area (Å²) in [5.41, 5.74) is 4.48. The van der Waals surface area contributed by atoms with Gasteiger partial charge in [0.25, 0.3) is 5.91 Å². The van der Waals surface area contributed by atoms with Gasteiger partial charge in [0.2, 0.25) is 5.91 Å². The second-order valence-corrected chi connectivity index (χ2v) is 8.94. The standard InChI is InChI=1S/C25H24N2O5S/c1-15-7-6-8-16(2)23(15)26-21(28)12-27(3)22(29)14-32-25(30)20-11-17-13-31-19-10-5-4-9-18(19)24(17)33-20/h4-11H,12-14H2,1-3H3,(H,26,28). The molecule has 0 unspecified atom stereocenters. The Morgan fingerprint density at radius 1 is 1.09 bits per heavy atom. The summed E-state index contributed by atoms with van der Waals surface area (Å²) in [4.78, 5) is 39.9. The fourth-order valence-electron chi connectivity index (χ4n) is 3.60. The highest BCUT2D eigenvalue weighted by Gasteiger charge is 2.24. The van der Waals surface area contributed by atoms with Crippen molar-refractivity contribution in [2.24, 2.45) is 0 Å². The zero-order valence-electron chi connectivity index (χ0n) is 18.6. The zero-order valence-corrected chi connectivity index (χ0v) is 19.5. The van der Waals surface area contributed by atoms with Gasteiger partial charge in [-0.05, 0) is 43.2 Å². The van der Waals surface area contributed by atoms with Crippen molar-refractivity contribution in [3.05, 3.63) is 70.1 Å². The lowest BCUT2D eigenvalue weighted by Crippen LogP contribution is -2.37. The molecule has 0 spiro atoms. The molecule has 2 aromatic carbocycles. The van der Waals surface area contributed by atoms with Crippen LogP contribution in [0, 0.1) is 13.8 Å². The van der Waals surface area contributed by atoms with Gasteiger partial charge in [0.15, 0.2) is 6.61 Å². The first kappa shape index (κ1) is 22.5. The Hall–Kier alpha value is -3.65. The van der Waals surface area contributed by atoms with Gasteiger partial charge in [-0.3, -0.25) is 9.59 Å². The molecule has 0 atom stereocenters. The van der Waals surface area contributed by atoms with E-state index in [2.05, 4.69) is 5.32 Å². The van der Waals surface area contributed by atoms with Crippen molar-refractivity contribution >= 4 is 34.8 Å². The molecular formula is C25H24N2O5S. The molecule has 1 aliphatic rings. The molecule has 0 fully saturated rings. The molecule has 2 heterocycles. The number of nitrogens with one attached hydrogen (secondary N) is 1. The van der Waals surface area contributed by atoms with Crippen LogP contribution < -0.4 is 10.1 Å². The molecule has 33 heavy (non-hydrogen) atoms. The largest absolute Gasteiger partial charge is 0.488 e. The van der Waals surface area contributed by atoms with E-state index in [-0.39, 0.29) is 12.5 Å². The number of rotatable bonds is 6. The number of thiophene rings is 1. The SMILES string of the molecule is Cc1cccc(C)c1NC(=O)CN(C)C(=O)COC(=O)c1cc2c(s1)-c1ccccc1OC2. The number of amides is 2. The minimum Gasteiger partial charge on any atom is -0.488 e. The van der Waals surface area contributed by atoms with Crippen molar-refractivity contribution in [3.8, 4) is 16.2 Å². The lowest BCUT2D eigenvalue weighted by atomic mass is 10.1. The van der Waals surface area contributed by atoms with Crippen LogP contribution in [-0.2, 0) is 20.9 Å². The van der Waals surface area contributed by atoms with Crippen molar-refractivity contribution in [3.63, 3.8) is 0 Å². The smallest absolute Gasteiger partial charge is 0.348 e. The van der Waals surface area contributed by atoms with Crippen LogP contribution >= 0.6 is 11.3 Å². The summed E-state index contributed by atoms with van der Waals surface area (Å²) >= 11 is 1.32. The van der Waals surface area contributed by atoms with Crippen molar-refractivity contribution < 1.29 is 23.9 Å². The van der Waals surface area contributed by atoms with Gasteiger partial charge in [0.1, 0.15) is 17.2 Å². The molecule has 1 aliphatic heterocycles. The van der Waals surface area contributed by atoms with Crippen LogP contribution in [0.1, 0.15) is 26.4 Å². The molecule has 7 nitrogen and oxygen atoms in total. The van der Waals surface area contributed by atoms with Crippen LogP contribution in [0.15, 0.2) is 48.5 Å². The topological polar surface area (TPSA) is 84.9 Å². The summed E-state index contributed by atoms with van der Waals surface area (Å²) in [6, 6.07) is 15.1. The number of carbonyl (C=O) groups excluding carboxylic acids is 3.